The number of carbonyl (C=O) groups excluding carboxylic acids is 1. The third-order valence-electron chi connectivity index (χ3n) is 4.21. The van der Waals surface area contributed by atoms with Gasteiger partial charge in [-0.2, -0.15) is 4.68 Å². The lowest BCUT2D eigenvalue weighted by Gasteiger charge is -2.19. The van der Waals surface area contributed by atoms with Crippen molar-refractivity contribution in [3.63, 3.8) is 0 Å². The van der Waals surface area contributed by atoms with Gasteiger partial charge >= 0.3 is 0 Å². The minimum atomic E-state index is -0.411. The fourth-order valence-electron chi connectivity index (χ4n) is 2.48. The van der Waals surface area contributed by atoms with Crippen LogP contribution in [0.3, 0.4) is 0 Å². The highest BCUT2D eigenvalue weighted by molar-refractivity contribution is 6.03. The molecule has 0 spiro atoms. The van der Waals surface area contributed by atoms with Crippen LogP contribution in [-0.2, 0) is 0 Å². The highest BCUT2D eigenvalue weighted by Crippen LogP contribution is 2.13. The first-order valence-electron chi connectivity index (χ1n) is 9.14. The molecule has 8 nitrogen and oxygen atoms in total. The molecule has 0 aromatic carbocycles. The number of nitrogens with one attached hydrogen (secondary N) is 4. The molecule has 0 aliphatic rings. The van der Waals surface area contributed by atoms with E-state index in [-0.39, 0.29) is 34.7 Å². The van der Waals surface area contributed by atoms with Crippen LogP contribution in [0.2, 0.25) is 0 Å². The first-order chi connectivity index (χ1) is 12.9. The van der Waals surface area contributed by atoms with Crippen LogP contribution in [0.25, 0.3) is 0 Å². The Bertz CT molecular complexity index is 854. The van der Waals surface area contributed by atoms with Gasteiger partial charge in [0, 0.05) is 24.2 Å². The second-order valence-corrected chi connectivity index (χ2v) is 6.57. The second kappa shape index (κ2) is 9.07. The van der Waals surface area contributed by atoms with E-state index in [4.69, 9.17) is 10.8 Å². The summed E-state index contributed by atoms with van der Waals surface area (Å²) in [6.07, 6.45) is 3.37. The molecule has 0 bridgehead atoms. The quantitative estimate of drug-likeness (QED) is 0.443. The maximum atomic E-state index is 12.5. The molecule has 8 heteroatoms. The van der Waals surface area contributed by atoms with Crippen LogP contribution >= 0.6 is 0 Å². The molecular weight excluding hydrogens is 342 g/mol. The number of anilines is 2. The number of carbonyl (C=O) groups is 1. The van der Waals surface area contributed by atoms with Crippen molar-refractivity contribution in [2.24, 2.45) is 5.92 Å². The Morgan fingerprint density at radius 1 is 1.26 bits per heavy atom. The molecule has 2 heterocycles. The molecule has 4 N–H and O–H groups in total. The van der Waals surface area contributed by atoms with E-state index < -0.39 is 5.91 Å². The Labute approximate surface area is 159 Å². The van der Waals surface area contributed by atoms with Crippen molar-refractivity contribution < 1.29 is 4.79 Å². The van der Waals surface area contributed by atoms with E-state index in [0.29, 0.717) is 5.82 Å². The second-order valence-electron chi connectivity index (χ2n) is 6.57. The number of pyridine rings is 1. The van der Waals surface area contributed by atoms with Crippen LogP contribution in [0, 0.1) is 16.7 Å². The Morgan fingerprint density at radius 3 is 2.52 bits per heavy atom. The summed E-state index contributed by atoms with van der Waals surface area (Å²) in [6, 6.07) is 6.91. The molecule has 2 rings (SSSR count). The molecule has 1 amide bonds. The smallest absolute Gasteiger partial charge is 0.274 e. The van der Waals surface area contributed by atoms with Crippen LogP contribution in [0.15, 0.2) is 30.5 Å². The molecule has 144 valence electrons. The van der Waals surface area contributed by atoms with Crippen LogP contribution in [-0.4, -0.2) is 32.5 Å². The van der Waals surface area contributed by atoms with E-state index in [0.717, 1.165) is 12.8 Å². The molecule has 0 saturated carbocycles. The normalized spacial score (nSPS) is 10.9. The minimum absolute atomic E-state index is 0.0481. The molecule has 0 aliphatic heterocycles. The average molecular weight is 369 g/mol. The van der Waals surface area contributed by atoms with Gasteiger partial charge in [-0.3, -0.25) is 20.6 Å². The van der Waals surface area contributed by atoms with Crippen molar-refractivity contribution >= 4 is 23.2 Å². The summed E-state index contributed by atoms with van der Waals surface area (Å²) in [5.74, 6) is 0.170. The highest BCUT2D eigenvalue weighted by atomic mass is 16.1. The molecule has 2 aromatic heterocycles. The SMILES string of the molecule is CCC(CC)Nc1cc(NC(=O)c2ccccn2)c(=N)n(C(=N)C(C)C)n1. The summed E-state index contributed by atoms with van der Waals surface area (Å²) in [4.78, 5) is 16.5. The van der Waals surface area contributed by atoms with Gasteiger partial charge in [0.2, 0.25) is 0 Å². The van der Waals surface area contributed by atoms with E-state index in [1.54, 1.807) is 24.3 Å². The number of amides is 1. The average Bonchev–Trinajstić information content (AvgIpc) is 2.68. The van der Waals surface area contributed by atoms with Gasteiger partial charge in [0.25, 0.3) is 5.91 Å². The number of hydrogen-bond donors (Lipinski definition) is 4. The van der Waals surface area contributed by atoms with Gasteiger partial charge in [-0.1, -0.05) is 33.8 Å². The summed E-state index contributed by atoms with van der Waals surface area (Å²) < 4.78 is 1.25. The highest BCUT2D eigenvalue weighted by Gasteiger charge is 2.16. The van der Waals surface area contributed by atoms with E-state index in [1.807, 2.05) is 13.8 Å². The molecule has 27 heavy (non-hydrogen) atoms. The molecule has 0 saturated heterocycles. The largest absolute Gasteiger partial charge is 0.366 e. The van der Waals surface area contributed by atoms with Crippen molar-refractivity contribution in [3.8, 4) is 0 Å². The van der Waals surface area contributed by atoms with Crippen LogP contribution < -0.4 is 16.1 Å². The van der Waals surface area contributed by atoms with Crippen LogP contribution in [0.4, 0.5) is 11.5 Å². The fraction of sp³-hybridized carbons (Fsp3) is 0.421. The van der Waals surface area contributed by atoms with Crippen molar-refractivity contribution in [2.45, 2.75) is 46.6 Å². The summed E-state index contributed by atoms with van der Waals surface area (Å²) in [6.45, 7) is 7.88. The fourth-order valence-corrected chi connectivity index (χ4v) is 2.48. The summed E-state index contributed by atoms with van der Waals surface area (Å²) in [7, 11) is 0. The predicted molar refractivity (Wildman–Crippen MR) is 106 cm³/mol. The monoisotopic (exact) mass is 369 g/mol. The third-order valence-corrected chi connectivity index (χ3v) is 4.21. The molecule has 2 aromatic rings. The first kappa shape index (κ1) is 20.3. The molecule has 0 aliphatic carbocycles. The number of hydrogen-bond acceptors (Lipinski definition) is 6. The number of aromatic nitrogens is 3. The number of rotatable bonds is 7. The summed E-state index contributed by atoms with van der Waals surface area (Å²) in [5.41, 5.74) is 0.487. The zero-order valence-corrected chi connectivity index (χ0v) is 16.2. The molecule has 0 atom stereocenters. The Morgan fingerprint density at radius 2 is 1.96 bits per heavy atom. The predicted octanol–water partition coefficient (Wildman–Crippen LogP) is 3.09. The van der Waals surface area contributed by atoms with Gasteiger partial charge in [-0.25, -0.2) is 0 Å². The zero-order valence-electron chi connectivity index (χ0n) is 16.2. The number of nitrogens with zero attached hydrogens (tertiary/aromatic N) is 3. The molecule has 0 radical (unpaired) electrons. The summed E-state index contributed by atoms with van der Waals surface area (Å²) in [5, 5.41) is 27.1. The van der Waals surface area contributed by atoms with Gasteiger partial charge in [0.05, 0.1) is 5.69 Å². The van der Waals surface area contributed by atoms with Gasteiger partial charge in [-0.15, -0.1) is 5.10 Å². The van der Waals surface area contributed by atoms with E-state index >= 15 is 0 Å². The summed E-state index contributed by atoms with van der Waals surface area (Å²) >= 11 is 0. The lowest BCUT2D eigenvalue weighted by molar-refractivity contribution is 0.102. The van der Waals surface area contributed by atoms with Crippen molar-refractivity contribution in [2.75, 3.05) is 10.6 Å². The standard InChI is InChI=1S/C19H27N7O/c1-5-13(6-2)23-16-11-15(18(21)26(25-16)17(20)12(3)4)24-19(27)14-9-7-8-10-22-14/h7-13,20-21H,5-6H2,1-4H3,(H,23,25)(H,24,27). The van der Waals surface area contributed by atoms with Crippen molar-refractivity contribution in [1.29, 1.82) is 10.8 Å². The third kappa shape index (κ3) is 4.99. The Balaban J connectivity index is 2.45. The maximum absolute atomic E-state index is 12.5. The first-order valence-corrected chi connectivity index (χ1v) is 9.14. The van der Waals surface area contributed by atoms with Gasteiger partial charge in [0.1, 0.15) is 17.3 Å². The van der Waals surface area contributed by atoms with Crippen molar-refractivity contribution in [3.05, 3.63) is 41.6 Å². The maximum Gasteiger partial charge on any atom is 0.274 e. The minimum Gasteiger partial charge on any atom is -0.366 e. The van der Waals surface area contributed by atoms with E-state index in [1.165, 1.54) is 10.9 Å². The van der Waals surface area contributed by atoms with Gasteiger partial charge < -0.3 is 10.6 Å². The molecule has 0 unspecified atom stereocenters. The Kier molecular flexibility index (Phi) is 6.81. The molecular formula is C19H27N7O. The van der Waals surface area contributed by atoms with Gasteiger partial charge in [0.15, 0.2) is 5.49 Å². The lowest BCUT2D eigenvalue weighted by atomic mass is 10.2. The van der Waals surface area contributed by atoms with Crippen LogP contribution in [0.1, 0.15) is 51.0 Å². The van der Waals surface area contributed by atoms with E-state index in [2.05, 4.69) is 34.6 Å². The van der Waals surface area contributed by atoms with Crippen molar-refractivity contribution in [1.82, 2.24) is 14.8 Å². The lowest BCUT2D eigenvalue weighted by Crippen LogP contribution is -2.36. The molecule has 0 fully saturated rings. The zero-order chi connectivity index (χ0) is 20.0. The van der Waals surface area contributed by atoms with E-state index in [9.17, 15) is 4.79 Å². The van der Waals surface area contributed by atoms with Crippen LogP contribution in [0.5, 0.6) is 0 Å². The van der Waals surface area contributed by atoms with Gasteiger partial charge in [-0.05, 0) is 25.0 Å². The Hall–Kier alpha value is -3.03. The topological polar surface area (TPSA) is 120 Å².